The van der Waals surface area contributed by atoms with Gasteiger partial charge in [-0.2, -0.15) is 0 Å². The van der Waals surface area contributed by atoms with Crippen LogP contribution in [-0.2, 0) is 16.0 Å². The standard InChI is InChI=1S/C20H33N3O3.C2H6.CH4/c1-7-13(2)17(21)19(25)23(6)16(18(22)24)12-14-8-10-15(11-9-14)26-20(3,4)5;1-2;/h8-11,13,16-17H,7,12,21H2,1-6H3,(H2,22,24);1-2H3;1H4/t13?,16?,17-;;/m0../s1. The number of hydrogen-bond acceptors (Lipinski definition) is 4. The predicted molar refractivity (Wildman–Crippen MR) is 122 cm³/mol. The first-order valence-electron chi connectivity index (χ1n) is 10.1. The first kappa shape index (κ1) is 29.1. The quantitative estimate of drug-likeness (QED) is 0.683. The average molecular weight is 410 g/mol. The van der Waals surface area contributed by atoms with Gasteiger partial charge in [0.05, 0.1) is 6.04 Å². The van der Waals surface area contributed by atoms with Crippen molar-refractivity contribution in [2.24, 2.45) is 17.4 Å². The minimum atomic E-state index is -0.744. The molecular formula is C23H43N3O3. The Hall–Kier alpha value is -2.08. The molecule has 0 radical (unpaired) electrons. The van der Waals surface area contributed by atoms with Gasteiger partial charge < -0.3 is 21.1 Å². The van der Waals surface area contributed by atoms with Gasteiger partial charge in [0, 0.05) is 13.5 Å². The minimum Gasteiger partial charge on any atom is -0.488 e. The monoisotopic (exact) mass is 409 g/mol. The number of ether oxygens (including phenoxy) is 1. The molecule has 2 unspecified atom stereocenters. The predicted octanol–water partition coefficient (Wildman–Crippen LogP) is 3.75. The lowest BCUT2D eigenvalue weighted by Crippen LogP contribution is -2.53. The molecule has 0 aliphatic heterocycles. The van der Waals surface area contributed by atoms with E-state index in [0.717, 1.165) is 17.7 Å². The Morgan fingerprint density at radius 1 is 1.14 bits per heavy atom. The number of rotatable bonds is 8. The second-order valence-corrected chi connectivity index (χ2v) is 7.84. The van der Waals surface area contributed by atoms with Gasteiger partial charge in [-0.1, -0.05) is 53.7 Å². The first-order chi connectivity index (χ1) is 13.0. The molecule has 0 fully saturated rings. The number of carbonyl (C=O) groups excluding carboxylic acids is 2. The third-order valence-corrected chi connectivity index (χ3v) is 4.46. The van der Waals surface area contributed by atoms with E-state index in [-0.39, 0.29) is 24.9 Å². The SMILES string of the molecule is C.CC.CCC(C)[C@H](N)C(=O)N(C)C(Cc1ccc(OC(C)(C)C)cc1)C(N)=O. The van der Waals surface area contributed by atoms with E-state index in [2.05, 4.69) is 0 Å². The van der Waals surface area contributed by atoms with Gasteiger partial charge in [0.15, 0.2) is 0 Å². The molecular weight excluding hydrogens is 366 g/mol. The third-order valence-electron chi connectivity index (χ3n) is 4.46. The van der Waals surface area contributed by atoms with Crippen molar-refractivity contribution in [1.82, 2.24) is 4.90 Å². The summed E-state index contributed by atoms with van der Waals surface area (Å²) >= 11 is 0. The summed E-state index contributed by atoms with van der Waals surface area (Å²) in [6.07, 6.45) is 1.12. The molecule has 0 bridgehead atoms. The average Bonchev–Trinajstić information content (AvgIpc) is 2.65. The Morgan fingerprint density at radius 3 is 2.00 bits per heavy atom. The molecule has 29 heavy (non-hydrogen) atoms. The van der Waals surface area contributed by atoms with Crippen molar-refractivity contribution in [3.8, 4) is 5.75 Å². The molecule has 1 rings (SSSR count). The summed E-state index contributed by atoms with van der Waals surface area (Å²) < 4.78 is 5.79. The number of amides is 2. The van der Waals surface area contributed by atoms with Crippen molar-refractivity contribution < 1.29 is 14.3 Å². The topological polar surface area (TPSA) is 98.7 Å². The van der Waals surface area contributed by atoms with E-state index in [9.17, 15) is 9.59 Å². The molecule has 1 aromatic rings. The fourth-order valence-corrected chi connectivity index (χ4v) is 2.58. The number of likely N-dealkylation sites (N-methyl/N-ethyl adjacent to an activating group) is 1. The summed E-state index contributed by atoms with van der Waals surface area (Å²) in [5.74, 6) is -0.0320. The van der Waals surface area contributed by atoms with Gasteiger partial charge in [-0.05, 0) is 44.4 Å². The molecule has 0 heterocycles. The summed E-state index contributed by atoms with van der Waals surface area (Å²) in [4.78, 5) is 25.9. The van der Waals surface area contributed by atoms with Crippen LogP contribution in [0, 0.1) is 5.92 Å². The molecule has 2 amide bonds. The van der Waals surface area contributed by atoms with Crippen LogP contribution in [0.15, 0.2) is 24.3 Å². The zero-order valence-electron chi connectivity index (χ0n) is 18.8. The zero-order chi connectivity index (χ0) is 22.1. The number of primary amides is 1. The Balaban J connectivity index is 0. The Kier molecular flexibility index (Phi) is 13.3. The normalized spacial score (nSPS) is 13.7. The van der Waals surface area contributed by atoms with Crippen LogP contribution >= 0.6 is 0 Å². The van der Waals surface area contributed by atoms with Gasteiger partial charge in [0.1, 0.15) is 17.4 Å². The van der Waals surface area contributed by atoms with E-state index in [1.165, 1.54) is 4.90 Å². The summed E-state index contributed by atoms with van der Waals surface area (Å²) in [7, 11) is 1.58. The van der Waals surface area contributed by atoms with Gasteiger partial charge in [0.25, 0.3) is 0 Å². The maximum atomic E-state index is 12.6. The number of nitrogens with zero attached hydrogens (tertiary/aromatic N) is 1. The van der Waals surface area contributed by atoms with Crippen molar-refractivity contribution >= 4 is 11.8 Å². The highest BCUT2D eigenvalue weighted by Crippen LogP contribution is 2.20. The molecule has 168 valence electrons. The van der Waals surface area contributed by atoms with E-state index in [1.807, 2.05) is 72.7 Å². The molecule has 0 aliphatic rings. The Labute approximate surface area is 178 Å². The molecule has 6 nitrogen and oxygen atoms in total. The van der Waals surface area contributed by atoms with Crippen molar-refractivity contribution in [3.63, 3.8) is 0 Å². The van der Waals surface area contributed by atoms with E-state index in [1.54, 1.807) is 7.05 Å². The molecule has 0 spiro atoms. The second kappa shape index (κ2) is 13.2. The summed E-state index contributed by atoms with van der Waals surface area (Å²) in [5, 5.41) is 0. The van der Waals surface area contributed by atoms with Crippen LogP contribution in [-0.4, -0.2) is 41.4 Å². The Bertz CT molecular complexity index is 609. The molecule has 0 saturated heterocycles. The van der Waals surface area contributed by atoms with Crippen LogP contribution in [0.5, 0.6) is 5.75 Å². The lowest BCUT2D eigenvalue weighted by atomic mass is 9.97. The minimum absolute atomic E-state index is 0. The number of benzene rings is 1. The number of nitrogens with two attached hydrogens (primary N) is 2. The van der Waals surface area contributed by atoms with Crippen molar-refractivity contribution in [3.05, 3.63) is 29.8 Å². The highest BCUT2D eigenvalue weighted by molar-refractivity contribution is 5.89. The fraction of sp³-hybridized carbons (Fsp3) is 0.652. The third kappa shape index (κ3) is 9.79. The van der Waals surface area contributed by atoms with Crippen LogP contribution in [0.3, 0.4) is 0 Å². The lowest BCUT2D eigenvalue weighted by Gasteiger charge is -2.30. The van der Waals surface area contributed by atoms with Crippen molar-refractivity contribution in [1.29, 1.82) is 0 Å². The highest BCUT2D eigenvalue weighted by atomic mass is 16.5. The van der Waals surface area contributed by atoms with Crippen LogP contribution < -0.4 is 16.2 Å². The largest absolute Gasteiger partial charge is 0.488 e. The molecule has 4 N–H and O–H groups in total. The van der Waals surface area contributed by atoms with Crippen LogP contribution in [0.4, 0.5) is 0 Å². The highest BCUT2D eigenvalue weighted by Gasteiger charge is 2.30. The summed E-state index contributed by atoms with van der Waals surface area (Å²) in [6.45, 7) is 13.8. The van der Waals surface area contributed by atoms with Crippen LogP contribution in [0.2, 0.25) is 0 Å². The molecule has 0 aliphatic carbocycles. The van der Waals surface area contributed by atoms with Gasteiger partial charge in [-0.15, -0.1) is 0 Å². The maximum absolute atomic E-state index is 12.6. The molecule has 0 aromatic heterocycles. The smallest absolute Gasteiger partial charge is 0.240 e. The fourth-order valence-electron chi connectivity index (χ4n) is 2.58. The van der Waals surface area contributed by atoms with Crippen molar-refractivity contribution in [2.45, 2.75) is 86.4 Å². The molecule has 0 saturated carbocycles. The van der Waals surface area contributed by atoms with Crippen LogP contribution in [0.25, 0.3) is 0 Å². The van der Waals surface area contributed by atoms with Crippen molar-refractivity contribution in [2.75, 3.05) is 7.05 Å². The lowest BCUT2D eigenvalue weighted by molar-refractivity contribution is -0.139. The summed E-state index contributed by atoms with van der Waals surface area (Å²) in [5.41, 5.74) is 12.2. The van der Waals surface area contributed by atoms with Gasteiger partial charge >= 0.3 is 0 Å². The van der Waals surface area contributed by atoms with Gasteiger partial charge in [-0.3, -0.25) is 9.59 Å². The number of carbonyl (C=O) groups is 2. The van der Waals surface area contributed by atoms with E-state index in [4.69, 9.17) is 16.2 Å². The first-order valence-corrected chi connectivity index (χ1v) is 10.1. The molecule has 1 aromatic carbocycles. The number of hydrogen-bond donors (Lipinski definition) is 2. The summed E-state index contributed by atoms with van der Waals surface area (Å²) in [6, 6.07) is 6.08. The zero-order valence-corrected chi connectivity index (χ0v) is 18.8. The van der Waals surface area contributed by atoms with Gasteiger partial charge in [0.2, 0.25) is 11.8 Å². The maximum Gasteiger partial charge on any atom is 0.240 e. The second-order valence-electron chi connectivity index (χ2n) is 7.84. The van der Waals surface area contributed by atoms with E-state index < -0.39 is 18.0 Å². The van der Waals surface area contributed by atoms with E-state index in [0.29, 0.717) is 6.42 Å². The molecule has 3 atom stereocenters. The molecule has 6 heteroatoms. The Morgan fingerprint density at radius 2 is 1.62 bits per heavy atom. The van der Waals surface area contributed by atoms with Crippen LogP contribution in [0.1, 0.15) is 67.9 Å². The van der Waals surface area contributed by atoms with E-state index >= 15 is 0 Å². The van der Waals surface area contributed by atoms with Gasteiger partial charge in [-0.25, -0.2) is 0 Å².